The summed E-state index contributed by atoms with van der Waals surface area (Å²) < 4.78 is 28.3. The zero-order valence-corrected chi connectivity index (χ0v) is 11.4. The maximum absolute atomic E-state index is 12.1. The van der Waals surface area contributed by atoms with Crippen LogP contribution >= 0.6 is 0 Å². The maximum Gasteiger partial charge on any atom is 0.387 e. The normalized spacial score (nSPS) is 11.1. The average Bonchev–Trinajstić information content (AvgIpc) is 2.37. The van der Waals surface area contributed by atoms with Gasteiger partial charge in [0.2, 0.25) is 5.88 Å². The van der Waals surface area contributed by atoms with Crippen molar-refractivity contribution >= 4 is 0 Å². The summed E-state index contributed by atoms with van der Waals surface area (Å²) in [5, 5.41) is 9.82. The molecule has 2 rings (SSSR count). The topological polar surface area (TPSA) is 75.2 Å². The van der Waals surface area contributed by atoms with Gasteiger partial charge in [-0.05, 0) is 30.2 Å². The first-order chi connectivity index (χ1) is 9.88. The van der Waals surface area contributed by atoms with E-state index in [1.165, 1.54) is 24.3 Å². The Bertz CT molecular complexity index is 682. The van der Waals surface area contributed by atoms with Gasteiger partial charge in [-0.25, -0.2) is 0 Å². The van der Waals surface area contributed by atoms with Crippen molar-refractivity contribution in [3.63, 3.8) is 0 Å². The molecule has 1 aromatic carbocycles. The summed E-state index contributed by atoms with van der Waals surface area (Å²) in [5.41, 5.74) is 0.246. The van der Waals surface area contributed by atoms with Crippen molar-refractivity contribution in [1.82, 2.24) is 9.97 Å². The van der Waals surface area contributed by atoms with Gasteiger partial charge in [0.15, 0.2) is 0 Å². The molecule has 2 N–H and O–H groups in total. The van der Waals surface area contributed by atoms with Crippen LogP contribution in [0.2, 0.25) is 0 Å². The maximum atomic E-state index is 12.1. The van der Waals surface area contributed by atoms with Crippen LogP contribution in [-0.2, 0) is 0 Å². The predicted molar refractivity (Wildman–Crippen MR) is 72.7 cm³/mol. The lowest BCUT2D eigenvalue weighted by Crippen LogP contribution is -2.16. The molecule has 0 amide bonds. The molecule has 2 aromatic rings. The van der Waals surface area contributed by atoms with Crippen LogP contribution in [0.25, 0.3) is 11.4 Å². The highest BCUT2D eigenvalue weighted by molar-refractivity contribution is 5.57. The van der Waals surface area contributed by atoms with Crippen molar-refractivity contribution in [3.8, 4) is 23.0 Å². The van der Waals surface area contributed by atoms with Gasteiger partial charge in [0.05, 0.1) is 5.56 Å². The van der Waals surface area contributed by atoms with Crippen LogP contribution < -0.4 is 10.3 Å². The molecule has 0 saturated heterocycles. The SMILES string of the molecule is CC(C)c1c(O)nc(-c2ccc(OC(F)F)cc2)[nH]c1=O. The number of aromatic nitrogens is 2. The molecule has 7 heteroatoms. The van der Waals surface area contributed by atoms with E-state index in [0.29, 0.717) is 5.56 Å². The van der Waals surface area contributed by atoms with Crippen LogP contribution in [0.5, 0.6) is 11.6 Å². The van der Waals surface area contributed by atoms with Crippen molar-refractivity contribution in [2.45, 2.75) is 26.4 Å². The molecule has 0 aliphatic rings. The van der Waals surface area contributed by atoms with E-state index in [4.69, 9.17) is 0 Å². The largest absolute Gasteiger partial charge is 0.493 e. The Morgan fingerprint density at radius 2 is 1.86 bits per heavy atom. The van der Waals surface area contributed by atoms with E-state index in [-0.39, 0.29) is 28.9 Å². The standard InChI is InChI=1S/C14H14F2N2O3/c1-7(2)10-12(19)17-11(18-13(10)20)8-3-5-9(6-4-8)21-14(15)16/h3-7,14H,1-2H3,(H2,17,18,19,20). The van der Waals surface area contributed by atoms with Gasteiger partial charge in [0.1, 0.15) is 11.6 Å². The minimum absolute atomic E-state index is 0.000815. The molecule has 0 aliphatic carbocycles. The van der Waals surface area contributed by atoms with Crippen LogP contribution in [0.4, 0.5) is 8.78 Å². The summed E-state index contributed by atoms with van der Waals surface area (Å²) in [6, 6.07) is 5.58. The number of alkyl halides is 2. The van der Waals surface area contributed by atoms with Crippen LogP contribution in [-0.4, -0.2) is 21.7 Å². The second-order valence-electron chi connectivity index (χ2n) is 4.71. The van der Waals surface area contributed by atoms with Crippen molar-refractivity contribution in [2.24, 2.45) is 0 Å². The van der Waals surface area contributed by atoms with Gasteiger partial charge in [-0.1, -0.05) is 13.8 Å². The third kappa shape index (κ3) is 3.36. The number of ether oxygens (including phenoxy) is 1. The van der Waals surface area contributed by atoms with Gasteiger partial charge in [-0.3, -0.25) is 4.79 Å². The summed E-state index contributed by atoms with van der Waals surface area (Å²) in [4.78, 5) is 18.4. The number of hydrogen-bond donors (Lipinski definition) is 2. The third-order valence-corrected chi connectivity index (χ3v) is 2.87. The lowest BCUT2D eigenvalue weighted by atomic mass is 10.1. The summed E-state index contributed by atoms with van der Waals surface area (Å²) in [6.45, 7) is 0.632. The summed E-state index contributed by atoms with van der Waals surface area (Å²) in [5.74, 6) is -0.349. The Balaban J connectivity index is 2.37. The second-order valence-corrected chi connectivity index (χ2v) is 4.71. The number of benzene rings is 1. The molecule has 112 valence electrons. The number of nitrogens with zero attached hydrogens (tertiary/aromatic N) is 1. The van der Waals surface area contributed by atoms with Crippen molar-refractivity contribution in [1.29, 1.82) is 0 Å². The fourth-order valence-electron chi connectivity index (χ4n) is 1.92. The molecule has 0 bridgehead atoms. The number of H-pyrrole nitrogens is 1. The first-order valence-corrected chi connectivity index (χ1v) is 6.27. The molecule has 0 atom stereocenters. The highest BCUT2D eigenvalue weighted by Crippen LogP contribution is 2.24. The molecule has 0 saturated carbocycles. The van der Waals surface area contributed by atoms with Crippen LogP contribution in [0.15, 0.2) is 29.1 Å². The first-order valence-electron chi connectivity index (χ1n) is 6.27. The molecule has 0 unspecified atom stereocenters. The quantitative estimate of drug-likeness (QED) is 0.909. The number of halogens is 2. The number of hydrogen-bond acceptors (Lipinski definition) is 4. The van der Waals surface area contributed by atoms with Gasteiger partial charge in [-0.2, -0.15) is 13.8 Å². The van der Waals surface area contributed by atoms with Crippen molar-refractivity contribution in [2.75, 3.05) is 0 Å². The molecule has 0 spiro atoms. The Kier molecular flexibility index (Phi) is 4.21. The Morgan fingerprint density at radius 3 is 2.33 bits per heavy atom. The zero-order chi connectivity index (χ0) is 15.6. The van der Waals surface area contributed by atoms with Crippen molar-refractivity contribution < 1.29 is 18.6 Å². The summed E-state index contributed by atoms with van der Waals surface area (Å²) >= 11 is 0. The number of aromatic amines is 1. The van der Waals surface area contributed by atoms with Gasteiger partial charge >= 0.3 is 6.61 Å². The van der Waals surface area contributed by atoms with E-state index >= 15 is 0 Å². The molecule has 1 heterocycles. The van der Waals surface area contributed by atoms with Gasteiger partial charge in [0.25, 0.3) is 5.56 Å². The highest BCUT2D eigenvalue weighted by Gasteiger charge is 2.15. The van der Waals surface area contributed by atoms with Gasteiger partial charge in [0, 0.05) is 5.56 Å². The van der Waals surface area contributed by atoms with Crippen LogP contribution in [0, 0.1) is 0 Å². The monoisotopic (exact) mass is 296 g/mol. The van der Waals surface area contributed by atoms with E-state index in [0.717, 1.165) is 0 Å². The second kappa shape index (κ2) is 5.90. The fourth-order valence-corrected chi connectivity index (χ4v) is 1.92. The lowest BCUT2D eigenvalue weighted by molar-refractivity contribution is -0.0498. The molecular weight excluding hydrogens is 282 g/mol. The molecular formula is C14H14F2N2O3. The predicted octanol–water partition coefficient (Wildman–Crippen LogP) is 2.87. The molecule has 1 aromatic heterocycles. The minimum atomic E-state index is -2.90. The molecule has 0 radical (unpaired) electrons. The van der Waals surface area contributed by atoms with E-state index in [1.807, 2.05) is 0 Å². The highest BCUT2D eigenvalue weighted by atomic mass is 19.3. The Hall–Kier alpha value is -2.44. The first kappa shape index (κ1) is 15.0. The van der Waals surface area contributed by atoms with E-state index in [9.17, 15) is 18.7 Å². The molecule has 5 nitrogen and oxygen atoms in total. The van der Waals surface area contributed by atoms with E-state index in [2.05, 4.69) is 14.7 Å². The van der Waals surface area contributed by atoms with Crippen LogP contribution in [0.1, 0.15) is 25.3 Å². The summed E-state index contributed by atoms with van der Waals surface area (Å²) in [6.07, 6.45) is 0. The van der Waals surface area contributed by atoms with Gasteiger partial charge < -0.3 is 14.8 Å². The Labute approximate surface area is 119 Å². The third-order valence-electron chi connectivity index (χ3n) is 2.87. The van der Waals surface area contributed by atoms with Crippen molar-refractivity contribution in [3.05, 3.63) is 40.2 Å². The van der Waals surface area contributed by atoms with E-state index < -0.39 is 12.2 Å². The lowest BCUT2D eigenvalue weighted by Gasteiger charge is -2.09. The Morgan fingerprint density at radius 1 is 1.24 bits per heavy atom. The smallest absolute Gasteiger partial charge is 0.387 e. The zero-order valence-electron chi connectivity index (χ0n) is 11.4. The fraction of sp³-hybridized carbons (Fsp3) is 0.286. The minimum Gasteiger partial charge on any atom is -0.493 e. The van der Waals surface area contributed by atoms with Gasteiger partial charge in [-0.15, -0.1) is 0 Å². The number of rotatable bonds is 4. The summed E-state index contributed by atoms with van der Waals surface area (Å²) in [7, 11) is 0. The molecule has 21 heavy (non-hydrogen) atoms. The number of nitrogens with one attached hydrogen (secondary N) is 1. The molecule has 0 aliphatic heterocycles. The van der Waals surface area contributed by atoms with Crippen LogP contribution in [0.3, 0.4) is 0 Å². The average molecular weight is 296 g/mol. The van der Waals surface area contributed by atoms with E-state index in [1.54, 1.807) is 13.8 Å². The number of aromatic hydroxyl groups is 1. The molecule has 0 fully saturated rings.